The number of aromatic nitrogens is 3. The molecule has 0 bridgehead atoms. The second kappa shape index (κ2) is 9.18. The molecule has 0 aromatic carbocycles. The maximum atomic E-state index is 14.0. The fraction of sp³-hybridized carbons (Fsp3) is 0.636. The van der Waals surface area contributed by atoms with Crippen LogP contribution in [0.3, 0.4) is 0 Å². The highest BCUT2D eigenvalue weighted by Gasteiger charge is 2.31. The number of rotatable bonds is 6. The summed E-state index contributed by atoms with van der Waals surface area (Å²) < 4.78 is 31.4. The maximum absolute atomic E-state index is 14.0. The Kier molecular flexibility index (Phi) is 6.37. The van der Waals surface area contributed by atoms with Gasteiger partial charge in [0.2, 0.25) is 0 Å². The molecule has 0 unspecified atom stereocenters. The van der Waals surface area contributed by atoms with Gasteiger partial charge in [0.15, 0.2) is 5.67 Å². The molecule has 9 heteroatoms. The van der Waals surface area contributed by atoms with Crippen molar-refractivity contribution in [2.75, 3.05) is 18.0 Å². The second-order valence-corrected chi connectivity index (χ2v) is 8.69. The van der Waals surface area contributed by atoms with Crippen LogP contribution in [0.4, 0.5) is 10.3 Å². The Balaban J connectivity index is 1.21. The molecule has 3 heterocycles. The Morgan fingerprint density at radius 1 is 1.13 bits per heavy atom. The van der Waals surface area contributed by atoms with E-state index in [0.29, 0.717) is 17.3 Å². The van der Waals surface area contributed by atoms with Crippen molar-refractivity contribution in [1.82, 2.24) is 15.1 Å². The highest BCUT2D eigenvalue weighted by atomic mass is 19.1. The highest BCUT2D eigenvalue weighted by Crippen LogP contribution is 2.30. The molecule has 31 heavy (non-hydrogen) atoms. The van der Waals surface area contributed by atoms with Crippen molar-refractivity contribution in [3.05, 3.63) is 29.9 Å². The molecule has 4 rings (SSSR count). The van der Waals surface area contributed by atoms with Gasteiger partial charge in [0.05, 0.1) is 18.3 Å². The first-order valence-corrected chi connectivity index (χ1v) is 10.9. The number of nitriles is 1. The van der Waals surface area contributed by atoms with E-state index in [1.54, 1.807) is 12.3 Å². The minimum Gasteiger partial charge on any atom is -0.489 e. The van der Waals surface area contributed by atoms with Crippen molar-refractivity contribution < 1.29 is 18.4 Å². The molecule has 0 N–H and O–H groups in total. The molecule has 0 atom stereocenters. The van der Waals surface area contributed by atoms with Crippen molar-refractivity contribution >= 4 is 5.95 Å². The van der Waals surface area contributed by atoms with Crippen LogP contribution in [0.2, 0.25) is 0 Å². The lowest BCUT2D eigenvalue weighted by Crippen LogP contribution is -2.40. The van der Waals surface area contributed by atoms with Crippen molar-refractivity contribution in [2.24, 2.45) is 0 Å². The summed E-state index contributed by atoms with van der Waals surface area (Å²) in [6.07, 6.45) is 9.15. The molecule has 1 saturated carbocycles. The molecule has 1 saturated heterocycles. The van der Waals surface area contributed by atoms with Crippen LogP contribution >= 0.6 is 0 Å². The Labute approximate surface area is 181 Å². The fourth-order valence-corrected chi connectivity index (χ4v) is 4.08. The van der Waals surface area contributed by atoms with Gasteiger partial charge in [0.25, 0.3) is 11.8 Å². The summed E-state index contributed by atoms with van der Waals surface area (Å²) in [4.78, 5) is 10.2. The van der Waals surface area contributed by atoms with E-state index in [-0.39, 0.29) is 24.2 Å². The van der Waals surface area contributed by atoms with Crippen LogP contribution in [-0.4, -0.2) is 46.5 Å². The van der Waals surface area contributed by atoms with Crippen molar-refractivity contribution in [3.63, 3.8) is 0 Å². The predicted molar refractivity (Wildman–Crippen MR) is 110 cm³/mol. The summed E-state index contributed by atoms with van der Waals surface area (Å²) >= 11 is 0. The molecule has 0 spiro atoms. The lowest BCUT2D eigenvalue weighted by Gasteiger charge is -2.35. The molecule has 2 aromatic rings. The third kappa shape index (κ3) is 5.31. The van der Waals surface area contributed by atoms with Crippen LogP contribution in [0.25, 0.3) is 0 Å². The van der Waals surface area contributed by atoms with Crippen LogP contribution in [0.5, 0.6) is 5.75 Å². The number of ether oxygens (including phenoxy) is 2. The number of halogens is 1. The van der Waals surface area contributed by atoms with Crippen LogP contribution in [0.15, 0.2) is 23.0 Å². The van der Waals surface area contributed by atoms with Gasteiger partial charge < -0.3 is 18.9 Å². The zero-order valence-electron chi connectivity index (χ0n) is 18.0. The predicted octanol–water partition coefficient (Wildman–Crippen LogP) is 3.92. The van der Waals surface area contributed by atoms with Gasteiger partial charge in [-0.3, -0.25) is 4.98 Å². The average Bonchev–Trinajstić information content (AvgIpc) is 3.27. The number of hydrogen-bond donors (Lipinski definition) is 0. The Morgan fingerprint density at radius 3 is 2.45 bits per heavy atom. The molecule has 1 aliphatic carbocycles. The van der Waals surface area contributed by atoms with E-state index < -0.39 is 5.67 Å². The largest absolute Gasteiger partial charge is 0.489 e. The molecule has 0 amide bonds. The van der Waals surface area contributed by atoms with E-state index >= 15 is 0 Å². The molecule has 1 aliphatic heterocycles. The Bertz CT molecular complexity index is 906. The van der Waals surface area contributed by atoms with E-state index in [1.807, 2.05) is 4.90 Å². The molecule has 2 fully saturated rings. The number of nitrogens with zero attached hydrogens (tertiary/aromatic N) is 5. The summed E-state index contributed by atoms with van der Waals surface area (Å²) in [7, 11) is 0. The minimum absolute atomic E-state index is 0.00788. The van der Waals surface area contributed by atoms with Crippen molar-refractivity contribution in [1.29, 1.82) is 5.26 Å². The smallest absolute Gasteiger partial charge is 0.266 e. The number of piperidine rings is 1. The maximum Gasteiger partial charge on any atom is 0.266 e. The van der Waals surface area contributed by atoms with Gasteiger partial charge in [-0.25, -0.2) is 4.39 Å². The average molecular weight is 429 g/mol. The lowest BCUT2D eigenvalue weighted by atomic mass is 9.94. The summed E-state index contributed by atoms with van der Waals surface area (Å²) in [5, 5.41) is 13.1. The fourth-order valence-electron chi connectivity index (χ4n) is 4.08. The molecule has 2 aliphatic rings. The van der Waals surface area contributed by atoms with Gasteiger partial charge in [-0.15, -0.1) is 0 Å². The quantitative estimate of drug-likeness (QED) is 0.682. The zero-order valence-corrected chi connectivity index (χ0v) is 18.0. The van der Waals surface area contributed by atoms with Gasteiger partial charge in [0.1, 0.15) is 17.4 Å². The van der Waals surface area contributed by atoms with Crippen LogP contribution in [0.1, 0.15) is 63.8 Å². The number of alkyl halides is 1. The molecule has 0 radical (unpaired) electrons. The number of anilines is 1. The van der Waals surface area contributed by atoms with Gasteiger partial charge in [-0.1, -0.05) is 0 Å². The highest BCUT2D eigenvalue weighted by molar-refractivity contribution is 5.40. The van der Waals surface area contributed by atoms with Crippen molar-refractivity contribution in [2.45, 2.75) is 76.4 Å². The summed E-state index contributed by atoms with van der Waals surface area (Å²) in [5.74, 6) is 1.06. The van der Waals surface area contributed by atoms with Crippen LogP contribution in [0, 0.1) is 11.3 Å². The normalized spacial score (nSPS) is 22.8. The lowest BCUT2D eigenvalue weighted by molar-refractivity contribution is -0.0528. The summed E-state index contributed by atoms with van der Waals surface area (Å²) in [6.45, 7) is 4.33. The van der Waals surface area contributed by atoms with E-state index in [4.69, 9.17) is 14.0 Å². The number of hydrogen-bond acceptors (Lipinski definition) is 8. The van der Waals surface area contributed by atoms with Crippen LogP contribution < -0.4 is 9.64 Å². The topological polar surface area (TPSA) is 97.3 Å². The third-order valence-electron chi connectivity index (χ3n) is 5.85. The van der Waals surface area contributed by atoms with E-state index in [1.165, 1.54) is 20.0 Å². The van der Waals surface area contributed by atoms with Gasteiger partial charge in [-0.05, 0) is 63.6 Å². The standard InChI is InChI=1S/C22H28FN5O3/c1-22(2,23)20-26-21(27-31-20)28-11-8-18(9-12-28)29-16-3-5-17(6-4-16)30-19-7-10-25-14-15(19)13-24/h7,10,14,16-18H,3-6,8-9,11-12H2,1-2H3. The number of pyridine rings is 1. The van der Waals surface area contributed by atoms with E-state index in [9.17, 15) is 9.65 Å². The molecule has 2 aromatic heterocycles. The molecular weight excluding hydrogens is 401 g/mol. The SMILES string of the molecule is CC(C)(F)c1nc(N2CCC(OC3CCC(Oc4ccncc4C#N)CC3)CC2)no1. The van der Waals surface area contributed by atoms with Crippen LogP contribution in [-0.2, 0) is 10.4 Å². The van der Waals surface area contributed by atoms with E-state index in [0.717, 1.165) is 51.6 Å². The van der Waals surface area contributed by atoms with Crippen molar-refractivity contribution in [3.8, 4) is 11.8 Å². The first kappa shape index (κ1) is 21.5. The van der Waals surface area contributed by atoms with E-state index in [2.05, 4.69) is 21.2 Å². The van der Waals surface area contributed by atoms with Gasteiger partial charge >= 0.3 is 0 Å². The molecule has 8 nitrogen and oxygen atoms in total. The molecule has 166 valence electrons. The summed E-state index contributed by atoms with van der Waals surface area (Å²) in [6, 6.07) is 3.87. The van der Waals surface area contributed by atoms with Gasteiger partial charge in [0, 0.05) is 25.5 Å². The second-order valence-electron chi connectivity index (χ2n) is 8.69. The monoisotopic (exact) mass is 429 g/mol. The molecular formula is C22H28FN5O3. The minimum atomic E-state index is -1.64. The summed E-state index contributed by atoms with van der Waals surface area (Å²) in [5.41, 5.74) is -1.17. The third-order valence-corrected chi connectivity index (χ3v) is 5.85. The Morgan fingerprint density at radius 2 is 1.81 bits per heavy atom. The first-order valence-electron chi connectivity index (χ1n) is 10.9. The zero-order chi connectivity index (χ0) is 21.8. The first-order chi connectivity index (χ1) is 14.9. The Hall–Kier alpha value is -2.73. The van der Waals surface area contributed by atoms with Gasteiger partial charge in [-0.2, -0.15) is 10.2 Å².